The van der Waals surface area contributed by atoms with Crippen molar-refractivity contribution >= 4 is 6.29 Å². The molecular weight excluding hydrogens is 180 g/mol. The summed E-state index contributed by atoms with van der Waals surface area (Å²) in [5.74, 6) is 0. The van der Waals surface area contributed by atoms with Gasteiger partial charge >= 0.3 is 0 Å². The zero-order chi connectivity index (χ0) is 10.2. The molecule has 0 spiro atoms. The molecule has 4 nitrogen and oxygen atoms in total. The predicted molar refractivity (Wildman–Crippen MR) is 55.3 cm³/mol. The number of rotatable bonds is 6. The van der Waals surface area contributed by atoms with Crippen LogP contribution in [-0.2, 0) is 4.79 Å². The highest BCUT2D eigenvalue weighted by atomic mass is 16.3. The van der Waals surface area contributed by atoms with E-state index in [1.807, 2.05) is 0 Å². The summed E-state index contributed by atoms with van der Waals surface area (Å²) in [6.45, 7) is 6.43. The molecule has 0 aliphatic carbocycles. The molecule has 0 atom stereocenters. The van der Waals surface area contributed by atoms with E-state index in [0.717, 1.165) is 52.0 Å². The fourth-order valence-electron chi connectivity index (χ4n) is 1.77. The Hall–Kier alpha value is -0.450. The number of piperazine rings is 1. The summed E-state index contributed by atoms with van der Waals surface area (Å²) in [6, 6.07) is 0. The molecule has 0 aromatic heterocycles. The number of nitrogens with zero attached hydrogens (tertiary/aromatic N) is 2. The van der Waals surface area contributed by atoms with E-state index in [0.29, 0.717) is 6.42 Å². The van der Waals surface area contributed by atoms with Crippen molar-refractivity contribution in [3.8, 4) is 0 Å². The predicted octanol–water partition coefficient (Wildman–Crippen LogP) is -0.425. The maximum atomic E-state index is 10.2. The standard InChI is InChI=1S/C10H20N2O2/c13-9-1-3-11-5-7-12(8-6-11)4-2-10-14/h9,14H,1-8,10H2. The van der Waals surface area contributed by atoms with E-state index in [1.54, 1.807) is 0 Å². The van der Waals surface area contributed by atoms with Crippen molar-refractivity contribution in [2.45, 2.75) is 12.8 Å². The highest BCUT2D eigenvalue weighted by Crippen LogP contribution is 2.02. The number of carbonyl (C=O) groups excluding carboxylic acids is 1. The van der Waals surface area contributed by atoms with Gasteiger partial charge in [-0.2, -0.15) is 0 Å². The fraction of sp³-hybridized carbons (Fsp3) is 0.900. The molecule has 1 N–H and O–H groups in total. The Labute approximate surface area is 85.5 Å². The van der Waals surface area contributed by atoms with Crippen molar-refractivity contribution in [1.82, 2.24) is 9.80 Å². The van der Waals surface area contributed by atoms with Crippen LogP contribution in [-0.4, -0.2) is 67.1 Å². The van der Waals surface area contributed by atoms with E-state index in [-0.39, 0.29) is 6.61 Å². The minimum atomic E-state index is 0.283. The van der Waals surface area contributed by atoms with Gasteiger partial charge in [0.2, 0.25) is 0 Å². The minimum absolute atomic E-state index is 0.283. The molecule has 0 unspecified atom stereocenters. The molecule has 1 aliphatic rings. The third-order valence-electron chi connectivity index (χ3n) is 2.66. The van der Waals surface area contributed by atoms with Gasteiger partial charge in [0.1, 0.15) is 6.29 Å². The summed E-state index contributed by atoms with van der Waals surface area (Å²) in [7, 11) is 0. The first-order valence-corrected chi connectivity index (χ1v) is 5.36. The second kappa shape index (κ2) is 6.92. The monoisotopic (exact) mass is 200 g/mol. The van der Waals surface area contributed by atoms with Gasteiger partial charge in [0.25, 0.3) is 0 Å². The molecule has 82 valence electrons. The molecule has 1 rings (SSSR count). The Balaban J connectivity index is 2.08. The number of aldehydes is 1. The Morgan fingerprint density at radius 2 is 1.64 bits per heavy atom. The largest absolute Gasteiger partial charge is 0.396 e. The van der Waals surface area contributed by atoms with Gasteiger partial charge in [-0.25, -0.2) is 0 Å². The van der Waals surface area contributed by atoms with Gasteiger partial charge in [0, 0.05) is 52.3 Å². The molecule has 0 saturated carbocycles. The molecule has 1 saturated heterocycles. The van der Waals surface area contributed by atoms with Crippen molar-refractivity contribution in [2.75, 3.05) is 45.9 Å². The minimum Gasteiger partial charge on any atom is -0.396 e. The van der Waals surface area contributed by atoms with Gasteiger partial charge in [-0.15, -0.1) is 0 Å². The van der Waals surface area contributed by atoms with E-state index in [4.69, 9.17) is 5.11 Å². The van der Waals surface area contributed by atoms with Crippen LogP contribution in [0.4, 0.5) is 0 Å². The molecule has 0 amide bonds. The zero-order valence-electron chi connectivity index (χ0n) is 8.69. The lowest BCUT2D eigenvalue weighted by atomic mass is 10.3. The molecule has 14 heavy (non-hydrogen) atoms. The summed E-state index contributed by atoms with van der Waals surface area (Å²) in [6.07, 6.45) is 2.50. The van der Waals surface area contributed by atoms with Gasteiger partial charge in [-0.05, 0) is 6.42 Å². The number of carbonyl (C=O) groups is 1. The number of hydrogen-bond acceptors (Lipinski definition) is 4. The average molecular weight is 200 g/mol. The lowest BCUT2D eigenvalue weighted by Crippen LogP contribution is -2.46. The zero-order valence-corrected chi connectivity index (χ0v) is 8.69. The first kappa shape index (κ1) is 11.6. The number of aliphatic hydroxyl groups is 1. The molecule has 1 fully saturated rings. The van der Waals surface area contributed by atoms with Crippen LogP contribution < -0.4 is 0 Å². The summed E-state index contributed by atoms with van der Waals surface area (Å²) in [4.78, 5) is 14.9. The maximum absolute atomic E-state index is 10.2. The van der Waals surface area contributed by atoms with Gasteiger partial charge in [-0.3, -0.25) is 0 Å². The summed E-state index contributed by atoms with van der Waals surface area (Å²) in [5.41, 5.74) is 0. The normalized spacial score (nSPS) is 19.8. The van der Waals surface area contributed by atoms with E-state index >= 15 is 0 Å². The van der Waals surface area contributed by atoms with E-state index in [1.165, 1.54) is 0 Å². The van der Waals surface area contributed by atoms with Gasteiger partial charge in [0.15, 0.2) is 0 Å². The Morgan fingerprint density at radius 3 is 2.14 bits per heavy atom. The Bertz CT molecular complexity index is 156. The lowest BCUT2D eigenvalue weighted by molar-refractivity contribution is -0.108. The molecule has 0 radical (unpaired) electrons. The van der Waals surface area contributed by atoms with E-state index in [2.05, 4.69) is 9.80 Å². The molecule has 0 bridgehead atoms. The third kappa shape index (κ3) is 4.17. The topological polar surface area (TPSA) is 43.8 Å². The quantitative estimate of drug-likeness (QED) is 0.591. The Morgan fingerprint density at radius 1 is 1.07 bits per heavy atom. The second-order valence-electron chi connectivity index (χ2n) is 3.72. The molecule has 0 aromatic rings. The van der Waals surface area contributed by atoms with Crippen molar-refractivity contribution in [3.05, 3.63) is 0 Å². The second-order valence-corrected chi connectivity index (χ2v) is 3.72. The highest BCUT2D eigenvalue weighted by Gasteiger charge is 2.15. The average Bonchev–Trinajstić information content (AvgIpc) is 2.25. The maximum Gasteiger partial charge on any atom is 0.121 e. The van der Waals surface area contributed by atoms with Crippen LogP contribution >= 0.6 is 0 Å². The van der Waals surface area contributed by atoms with Gasteiger partial charge < -0.3 is 19.7 Å². The van der Waals surface area contributed by atoms with Crippen molar-refractivity contribution < 1.29 is 9.90 Å². The lowest BCUT2D eigenvalue weighted by Gasteiger charge is -2.34. The Kier molecular flexibility index (Phi) is 5.75. The molecular formula is C10H20N2O2. The van der Waals surface area contributed by atoms with Gasteiger partial charge in [-0.1, -0.05) is 0 Å². The van der Waals surface area contributed by atoms with Crippen LogP contribution in [0.3, 0.4) is 0 Å². The number of aliphatic hydroxyl groups excluding tert-OH is 1. The smallest absolute Gasteiger partial charge is 0.121 e. The number of hydrogen-bond donors (Lipinski definition) is 1. The first-order valence-electron chi connectivity index (χ1n) is 5.36. The SMILES string of the molecule is O=CCCN1CCN(CCCO)CC1. The summed E-state index contributed by atoms with van der Waals surface area (Å²) in [5, 5.41) is 8.69. The van der Waals surface area contributed by atoms with Gasteiger partial charge in [0.05, 0.1) is 0 Å². The van der Waals surface area contributed by atoms with Crippen LogP contribution in [0.5, 0.6) is 0 Å². The molecule has 0 aromatic carbocycles. The van der Waals surface area contributed by atoms with Crippen LogP contribution in [0.25, 0.3) is 0 Å². The molecule has 1 heterocycles. The highest BCUT2D eigenvalue weighted by molar-refractivity contribution is 5.49. The summed E-state index contributed by atoms with van der Waals surface area (Å²) >= 11 is 0. The first-order chi connectivity index (χ1) is 6.86. The summed E-state index contributed by atoms with van der Waals surface area (Å²) < 4.78 is 0. The van der Waals surface area contributed by atoms with E-state index < -0.39 is 0 Å². The third-order valence-corrected chi connectivity index (χ3v) is 2.66. The van der Waals surface area contributed by atoms with Crippen LogP contribution in [0, 0.1) is 0 Å². The van der Waals surface area contributed by atoms with Crippen LogP contribution in [0.15, 0.2) is 0 Å². The molecule has 1 aliphatic heterocycles. The van der Waals surface area contributed by atoms with E-state index in [9.17, 15) is 4.79 Å². The van der Waals surface area contributed by atoms with Crippen molar-refractivity contribution in [1.29, 1.82) is 0 Å². The molecule has 4 heteroatoms. The van der Waals surface area contributed by atoms with Crippen LogP contribution in [0.2, 0.25) is 0 Å². The van der Waals surface area contributed by atoms with Crippen molar-refractivity contribution in [3.63, 3.8) is 0 Å². The van der Waals surface area contributed by atoms with Crippen molar-refractivity contribution in [2.24, 2.45) is 0 Å². The van der Waals surface area contributed by atoms with Crippen LogP contribution in [0.1, 0.15) is 12.8 Å². The fourth-order valence-corrected chi connectivity index (χ4v) is 1.77.